The largest absolute Gasteiger partial charge is 0.468 e. The van der Waals surface area contributed by atoms with Gasteiger partial charge in [-0.3, -0.25) is 19.2 Å². The molecular weight excluding hydrogens is 202 g/mol. The Bertz CT molecular complexity index is 297. The molecule has 0 saturated carbocycles. The fourth-order valence-electron chi connectivity index (χ4n) is 0.956. The van der Waals surface area contributed by atoms with Gasteiger partial charge in [-0.25, -0.2) is 0 Å². The number of Topliss-reactive ketones (excluding diaryl/α,β-unsaturated/α-hetero) is 2. The van der Waals surface area contributed by atoms with Crippen molar-refractivity contribution in [3.63, 3.8) is 0 Å². The maximum atomic E-state index is 11.4. The molecule has 0 radical (unpaired) electrons. The molecule has 84 valence electrons. The van der Waals surface area contributed by atoms with Gasteiger partial charge in [-0.05, 0) is 6.92 Å². The zero-order valence-electron chi connectivity index (χ0n) is 8.83. The minimum absolute atomic E-state index is 0.353. The summed E-state index contributed by atoms with van der Waals surface area (Å²) in [5, 5.41) is 2.21. The second-order valence-electron chi connectivity index (χ2n) is 2.94. The molecule has 15 heavy (non-hydrogen) atoms. The molecule has 1 unspecified atom stereocenters. The molecule has 0 aliphatic rings. The molecule has 0 aliphatic carbocycles. The first-order chi connectivity index (χ1) is 6.90. The predicted molar refractivity (Wildman–Crippen MR) is 49.9 cm³/mol. The van der Waals surface area contributed by atoms with Crippen LogP contribution in [0.3, 0.4) is 0 Å². The molecule has 1 atom stereocenters. The summed E-state index contributed by atoms with van der Waals surface area (Å²) in [6.07, 6.45) is 0. The third-order valence-corrected chi connectivity index (χ3v) is 1.68. The molecule has 1 amide bonds. The Morgan fingerprint density at radius 3 is 2.07 bits per heavy atom. The number of rotatable bonds is 5. The van der Waals surface area contributed by atoms with Gasteiger partial charge in [0.25, 0.3) is 0 Å². The summed E-state index contributed by atoms with van der Waals surface area (Å²) in [6.45, 7) is 2.00. The second kappa shape index (κ2) is 5.90. The van der Waals surface area contributed by atoms with Crippen molar-refractivity contribution in [3.8, 4) is 0 Å². The van der Waals surface area contributed by atoms with Crippen LogP contribution in [0, 0.1) is 5.92 Å². The van der Waals surface area contributed by atoms with Crippen LogP contribution in [-0.2, 0) is 23.9 Å². The van der Waals surface area contributed by atoms with E-state index in [2.05, 4.69) is 10.1 Å². The zero-order valence-corrected chi connectivity index (χ0v) is 8.83. The van der Waals surface area contributed by atoms with E-state index in [0.717, 1.165) is 14.0 Å². The summed E-state index contributed by atoms with van der Waals surface area (Å²) in [4.78, 5) is 43.9. The van der Waals surface area contributed by atoms with Crippen molar-refractivity contribution in [2.24, 2.45) is 5.92 Å². The molecule has 0 aromatic carbocycles. The SMILES string of the molecule is COC(=O)C(C(C)=O)C(=O)CNC(C)=O. The Kier molecular flexibility index (Phi) is 5.22. The molecule has 0 heterocycles. The van der Waals surface area contributed by atoms with Gasteiger partial charge in [0.15, 0.2) is 17.5 Å². The highest BCUT2D eigenvalue weighted by Gasteiger charge is 2.31. The normalized spacial score (nSPS) is 11.4. The van der Waals surface area contributed by atoms with Crippen LogP contribution in [0.2, 0.25) is 0 Å². The predicted octanol–water partition coefficient (Wildman–Crippen LogP) is -0.930. The second-order valence-corrected chi connectivity index (χ2v) is 2.94. The molecule has 6 heteroatoms. The summed E-state index contributed by atoms with van der Waals surface area (Å²) < 4.78 is 4.31. The summed E-state index contributed by atoms with van der Waals surface area (Å²) in [5.74, 6) is -4.03. The number of hydrogen-bond acceptors (Lipinski definition) is 5. The third kappa shape index (κ3) is 4.35. The van der Waals surface area contributed by atoms with Gasteiger partial charge >= 0.3 is 5.97 Å². The number of ketones is 2. The molecule has 0 spiro atoms. The molecule has 6 nitrogen and oxygen atoms in total. The van der Waals surface area contributed by atoms with Crippen LogP contribution >= 0.6 is 0 Å². The monoisotopic (exact) mass is 215 g/mol. The van der Waals surface area contributed by atoms with Gasteiger partial charge in [-0.1, -0.05) is 0 Å². The number of hydrogen-bond donors (Lipinski definition) is 1. The number of carbonyl (C=O) groups excluding carboxylic acids is 4. The van der Waals surface area contributed by atoms with Gasteiger partial charge in [-0.2, -0.15) is 0 Å². The van der Waals surface area contributed by atoms with Crippen molar-refractivity contribution in [1.82, 2.24) is 5.32 Å². The molecule has 1 N–H and O–H groups in total. The van der Waals surface area contributed by atoms with Gasteiger partial charge < -0.3 is 10.1 Å². The molecule has 0 fully saturated rings. The van der Waals surface area contributed by atoms with Gasteiger partial charge in [0.1, 0.15) is 0 Å². The van der Waals surface area contributed by atoms with Crippen LogP contribution in [0.5, 0.6) is 0 Å². The topological polar surface area (TPSA) is 89.5 Å². The fraction of sp³-hybridized carbons (Fsp3) is 0.556. The Hall–Kier alpha value is -1.72. The van der Waals surface area contributed by atoms with Crippen molar-refractivity contribution in [2.45, 2.75) is 13.8 Å². The molecule has 0 aromatic rings. The minimum Gasteiger partial charge on any atom is -0.468 e. The van der Waals surface area contributed by atoms with E-state index in [1.54, 1.807) is 0 Å². The average molecular weight is 215 g/mol. The van der Waals surface area contributed by atoms with Crippen molar-refractivity contribution in [1.29, 1.82) is 0 Å². The Morgan fingerprint density at radius 1 is 1.20 bits per heavy atom. The van der Waals surface area contributed by atoms with E-state index in [1.165, 1.54) is 6.92 Å². The number of nitrogens with one attached hydrogen (secondary N) is 1. The van der Waals surface area contributed by atoms with Crippen molar-refractivity contribution < 1.29 is 23.9 Å². The summed E-state index contributed by atoms with van der Waals surface area (Å²) >= 11 is 0. The molecule has 0 rings (SSSR count). The lowest BCUT2D eigenvalue weighted by Crippen LogP contribution is -2.38. The molecule has 0 bridgehead atoms. The lowest BCUT2D eigenvalue weighted by atomic mass is 10.00. The van der Waals surface area contributed by atoms with E-state index in [1.807, 2.05) is 0 Å². The van der Waals surface area contributed by atoms with Crippen LogP contribution < -0.4 is 5.32 Å². The highest BCUT2D eigenvalue weighted by atomic mass is 16.5. The standard InChI is InChI=1S/C9H13NO5/c1-5(11)8(9(14)15-3)7(13)4-10-6(2)12/h8H,4H2,1-3H3,(H,10,12). The number of carbonyl (C=O) groups is 4. The van der Waals surface area contributed by atoms with Gasteiger partial charge in [-0.15, -0.1) is 0 Å². The lowest BCUT2D eigenvalue weighted by molar-refractivity contribution is -0.152. The van der Waals surface area contributed by atoms with Gasteiger partial charge in [0.05, 0.1) is 13.7 Å². The molecule has 0 aliphatic heterocycles. The van der Waals surface area contributed by atoms with E-state index in [9.17, 15) is 19.2 Å². The van der Waals surface area contributed by atoms with Crippen molar-refractivity contribution >= 4 is 23.4 Å². The summed E-state index contributed by atoms with van der Waals surface area (Å²) in [5.41, 5.74) is 0. The highest BCUT2D eigenvalue weighted by molar-refractivity contribution is 6.17. The fourth-order valence-corrected chi connectivity index (χ4v) is 0.956. The maximum Gasteiger partial charge on any atom is 0.323 e. The van der Waals surface area contributed by atoms with Crippen LogP contribution in [-0.4, -0.2) is 37.1 Å². The van der Waals surface area contributed by atoms with E-state index in [-0.39, 0.29) is 6.54 Å². The third-order valence-electron chi connectivity index (χ3n) is 1.68. The number of esters is 1. The number of ether oxygens (including phenoxy) is 1. The molecule has 0 saturated heterocycles. The average Bonchev–Trinajstić information content (AvgIpc) is 2.14. The molecule has 0 aromatic heterocycles. The quantitative estimate of drug-likeness (QED) is 0.472. The van der Waals surface area contributed by atoms with Gasteiger partial charge in [0, 0.05) is 6.92 Å². The minimum atomic E-state index is -1.44. The van der Waals surface area contributed by atoms with Crippen LogP contribution in [0.15, 0.2) is 0 Å². The van der Waals surface area contributed by atoms with Crippen LogP contribution in [0.1, 0.15) is 13.8 Å². The van der Waals surface area contributed by atoms with E-state index in [0.29, 0.717) is 0 Å². The lowest BCUT2D eigenvalue weighted by Gasteiger charge is -2.10. The number of amides is 1. The zero-order chi connectivity index (χ0) is 12.0. The number of methoxy groups -OCH3 is 1. The van der Waals surface area contributed by atoms with E-state index in [4.69, 9.17) is 0 Å². The molecular formula is C9H13NO5. The first-order valence-electron chi connectivity index (χ1n) is 4.25. The Labute approximate surface area is 87.0 Å². The highest BCUT2D eigenvalue weighted by Crippen LogP contribution is 2.02. The first kappa shape index (κ1) is 13.3. The van der Waals surface area contributed by atoms with Crippen LogP contribution in [0.25, 0.3) is 0 Å². The van der Waals surface area contributed by atoms with Gasteiger partial charge in [0.2, 0.25) is 5.91 Å². The summed E-state index contributed by atoms with van der Waals surface area (Å²) in [6, 6.07) is 0. The van der Waals surface area contributed by atoms with E-state index >= 15 is 0 Å². The Balaban J connectivity index is 4.50. The van der Waals surface area contributed by atoms with Crippen LogP contribution in [0.4, 0.5) is 0 Å². The maximum absolute atomic E-state index is 11.4. The first-order valence-corrected chi connectivity index (χ1v) is 4.25. The van der Waals surface area contributed by atoms with Crippen molar-refractivity contribution in [2.75, 3.05) is 13.7 Å². The summed E-state index contributed by atoms with van der Waals surface area (Å²) in [7, 11) is 1.09. The van der Waals surface area contributed by atoms with E-state index < -0.39 is 29.4 Å². The smallest absolute Gasteiger partial charge is 0.323 e. The Morgan fingerprint density at radius 2 is 1.73 bits per heavy atom. The van der Waals surface area contributed by atoms with Crippen molar-refractivity contribution in [3.05, 3.63) is 0 Å².